The van der Waals surface area contributed by atoms with Gasteiger partial charge in [0.25, 0.3) is 5.91 Å². The molecule has 0 aliphatic rings. The molecule has 1 N–H and O–H groups in total. The molecule has 0 saturated carbocycles. The summed E-state index contributed by atoms with van der Waals surface area (Å²) in [7, 11) is 0. The second-order valence-corrected chi connectivity index (χ2v) is 5.51. The minimum absolute atomic E-state index is 0.0302. The molecule has 1 aromatic heterocycles. The Morgan fingerprint density at radius 3 is 2.55 bits per heavy atom. The lowest BCUT2D eigenvalue weighted by atomic mass is 10.2. The zero-order valence-corrected chi connectivity index (χ0v) is 12.3. The fraction of sp³-hybridized carbons (Fsp3) is 0.357. The summed E-state index contributed by atoms with van der Waals surface area (Å²) >= 11 is 1.86. The second kappa shape index (κ2) is 7.69. The SMILES string of the molecule is CCCSCCNC(=O)c1ccc(-n2cnnc2)cc1. The van der Waals surface area contributed by atoms with Crippen molar-refractivity contribution in [3.05, 3.63) is 42.5 Å². The van der Waals surface area contributed by atoms with E-state index in [4.69, 9.17) is 0 Å². The Bertz CT molecular complexity index is 525. The highest BCUT2D eigenvalue weighted by atomic mass is 32.2. The van der Waals surface area contributed by atoms with E-state index >= 15 is 0 Å². The Labute approximate surface area is 122 Å². The van der Waals surface area contributed by atoms with Gasteiger partial charge in [-0.15, -0.1) is 10.2 Å². The molecule has 0 bridgehead atoms. The topological polar surface area (TPSA) is 59.8 Å². The van der Waals surface area contributed by atoms with Crippen LogP contribution >= 0.6 is 11.8 Å². The van der Waals surface area contributed by atoms with Gasteiger partial charge in [-0.25, -0.2) is 0 Å². The van der Waals surface area contributed by atoms with Crippen LogP contribution in [0.15, 0.2) is 36.9 Å². The van der Waals surface area contributed by atoms with Crippen LogP contribution in [0.1, 0.15) is 23.7 Å². The van der Waals surface area contributed by atoms with E-state index in [1.54, 1.807) is 17.2 Å². The number of hydrogen-bond acceptors (Lipinski definition) is 4. The molecular formula is C14H18N4OS. The highest BCUT2D eigenvalue weighted by Gasteiger charge is 2.05. The van der Waals surface area contributed by atoms with Gasteiger partial charge in [0.1, 0.15) is 12.7 Å². The highest BCUT2D eigenvalue weighted by Crippen LogP contribution is 2.08. The molecule has 5 nitrogen and oxygen atoms in total. The molecule has 2 rings (SSSR count). The zero-order chi connectivity index (χ0) is 14.2. The number of hydrogen-bond donors (Lipinski definition) is 1. The summed E-state index contributed by atoms with van der Waals surface area (Å²) in [4.78, 5) is 11.9. The molecule has 0 atom stereocenters. The van der Waals surface area contributed by atoms with Crippen molar-refractivity contribution in [3.63, 3.8) is 0 Å². The lowest BCUT2D eigenvalue weighted by Crippen LogP contribution is -2.25. The van der Waals surface area contributed by atoms with Gasteiger partial charge >= 0.3 is 0 Å². The van der Waals surface area contributed by atoms with Gasteiger partial charge in [0.2, 0.25) is 0 Å². The Morgan fingerprint density at radius 2 is 1.90 bits per heavy atom. The molecule has 20 heavy (non-hydrogen) atoms. The summed E-state index contributed by atoms with van der Waals surface area (Å²) in [5.74, 6) is 2.07. The van der Waals surface area contributed by atoms with Crippen molar-refractivity contribution in [1.29, 1.82) is 0 Å². The first kappa shape index (κ1) is 14.6. The van der Waals surface area contributed by atoms with E-state index in [2.05, 4.69) is 22.4 Å². The first-order valence-electron chi connectivity index (χ1n) is 6.62. The number of carbonyl (C=O) groups excluding carboxylic acids is 1. The zero-order valence-electron chi connectivity index (χ0n) is 11.5. The predicted molar refractivity (Wildman–Crippen MR) is 81.3 cm³/mol. The molecule has 1 aromatic carbocycles. The molecule has 0 spiro atoms. The van der Waals surface area contributed by atoms with Crippen molar-refractivity contribution in [2.24, 2.45) is 0 Å². The van der Waals surface area contributed by atoms with E-state index in [0.717, 1.165) is 17.2 Å². The maximum atomic E-state index is 11.9. The normalized spacial score (nSPS) is 10.4. The van der Waals surface area contributed by atoms with E-state index in [1.165, 1.54) is 6.42 Å². The average molecular weight is 290 g/mol. The first-order chi connectivity index (χ1) is 9.81. The number of amides is 1. The smallest absolute Gasteiger partial charge is 0.251 e. The molecule has 1 heterocycles. The largest absolute Gasteiger partial charge is 0.351 e. The number of thioether (sulfide) groups is 1. The van der Waals surface area contributed by atoms with E-state index in [9.17, 15) is 4.79 Å². The second-order valence-electron chi connectivity index (χ2n) is 4.28. The standard InChI is InChI=1S/C14H18N4OS/c1-2-8-20-9-7-15-14(19)12-3-5-13(6-4-12)18-10-16-17-11-18/h3-6,10-11H,2,7-9H2,1H3,(H,15,19). The number of nitrogens with zero attached hydrogens (tertiary/aromatic N) is 3. The third-order valence-corrected chi connectivity index (χ3v) is 3.92. The van der Waals surface area contributed by atoms with Crippen LogP contribution in [0.4, 0.5) is 0 Å². The van der Waals surface area contributed by atoms with Crippen molar-refractivity contribution >= 4 is 17.7 Å². The summed E-state index contributed by atoms with van der Waals surface area (Å²) in [6.07, 6.45) is 4.42. The Hall–Kier alpha value is -1.82. The van der Waals surface area contributed by atoms with Crippen molar-refractivity contribution in [2.75, 3.05) is 18.1 Å². The van der Waals surface area contributed by atoms with Crippen LogP contribution in [-0.4, -0.2) is 38.7 Å². The molecule has 0 fully saturated rings. The Kier molecular flexibility index (Phi) is 5.61. The molecule has 0 aliphatic heterocycles. The molecule has 6 heteroatoms. The van der Waals surface area contributed by atoms with Crippen LogP contribution in [0.2, 0.25) is 0 Å². The number of benzene rings is 1. The van der Waals surface area contributed by atoms with Crippen LogP contribution in [-0.2, 0) is 0 Å². The van der Waals surface area contributed by atoms with Gasteiger partial charge in [0, 0.05) is 23.5 Å². The van der Waals surface area contributed by atoms with E-state index < -0.39 is 0 Å². The summed E-state index contributed by atoms with van der Waals surface area (Å²) in [6, 6.07) is 7.38. The van der Waals surface area contributed by atoms with Crippen LogP contribution in [0.5, 0.6) is 0 Å². The number of aromatic nitrogens is 3. The Morgan fingerprint density at radius 1 is 1.20 bits per heavy atom. The summed E-state index contributed by atoms with van der Waals surface area (Å²) in [6.45, 7) is 2.86. The van der Waals surface area contributed by atoms with Gasteiger partial charge < -0.3 is 5.32 Å². The molecule has 0 saturated heterocycles. The van der Waals surface area contributed by atoms with Crippen molar-refractivity contribution in [3.8, 4) is 5.69 Å². The molecule has 0 unspecified atom stereocenters. The quantitative estimate of drug-likeness (QED) is 0.794. The molecule has 0 aliphatic carbocycles. The molecule has 1 amide bonds. The minimum Gasteiger partial charge on any atom is -0.351 e. The summed E-state index contributed by atoms with van der Waals surface area (Å²) < 4.78 is 1.79. The van der Waals surface area contributed by atoms with Gasteiger partial charge in [0.05, 0.1) is 0 Å². The van der Waals surface area contributed by atoms with Gasteiger partial charge in [-0.2, -0.15) is 11.8 Å². The first-order valence-corrected chi connectivity index (χ1v) is 7.77. The molecule has 2 aromatic rings. The number of carbonyl (C=O) groups is 1. The lowest BCUT2D eigenvalue weighted by Gasteiger charge is -2.06. The average Bonchev–Trinajstić information content (AvgIpc) is 3.01. The minimum atomic E-state index is -0.0302. The van der Waals surface area contributed by atoms with Gasteiger partial charge in [-0.3, -0.25) is 9.36 Å². The van der Waals surface area contributed by atoms with Gasteiger partial charge in [0.15, 0.2) is 0 Å². The fourth-order valence-corrected chi connectivity index (χ4v) is 2.44. The molecule has 0 radical (unpaired) electrons. The van der Waals surface area contributed by atoms with Crippen LogP contribution in [0.25, 0.3) is 5.69 Å². The van der Waals surface area contributed by atoms with Crippen molar-refractivity contribution in [2.45, 2.75) is 13.3 Å². The third-order valence-electron chi connectivity index (χ3n) is 2.73. The summed E-state index contributed by atoms with van der Waals surface area (Å²) in [5.41, 5.74) is 1.60. The maximum Gasteiger partial charge on any atom is 0.251 e. The lowest BCUT2D eigenvalue weighted by molar-refractivity contribution is 0.0956. The van der Waals surface area contributed by atoms with Crippen LogP contribution < -0.4 is 5.32 Å². The maximum absolute atomic E-state index is 11.9. The van der Waals surface area contributed by atoms with Crippen molar-refractivity contribution in [1.82, 2.24) is 20.1 Å². The number of nitrogens with one attached hydrogen (secondary N) is 1. The van der Waals surface area contributed by atoms with E-state index in [0.29, 0.717) is 12.1 Å². The monoisotopic (exact) mass is 290 g/mol. The Balaban J connectivity index is 1.85. The molecular weight excluding hydrogens is 272 g/mol. The van der Waals surface area contributed by atoms with E-state index in [-0.39, 0.29) is 5.91 Å². The van der Waals surface area contributed by atoms with Gasteiger partial charge in [-0.1, -0.05) is 6.92 Å². The molecule has 106 valence electrons. The van der Waals surface area contributed by atoms with Crippen molar-refractivity contribution < 1.29 is 4.79 Å². The third kappa shape index (κ3) is 4.09. The highest BCUT2D eigenvalue weighted by molar-refractivity contribution is 7.99. The fourth-order valence-electron chi connectivity index (χ4n) is 1.70. The van der Waals surface area contributed by atoms with E-state index in [1.807, 2.05) is 36.0 Å². The van der Waals surface area contributed by atoms with Crippen LogP contribution in [0.3, 0.4) is 0 Å². The summed E-state index contributed by atoms with van der Waals surface area (Å²) in [5, 5.41) is 10.4. The van der Waals surface area contributed by atoms with Gasteiger partial charge in [-0.05, 0) is 36.4 Å². The number of rotatable bonds is 7. The van der Waals surface area contributed by atoms with Crippen LogP contribution in [0, 0.1) is 0 Å². The predicted octanol–water partition coefficient (Wildman–Crippen LogP) is 2.14.